The number of nitrogens with zero attached hydrogens (tertiary/aromatic N) is 5. The van der Waals surface area contributed by atoms with E-state index < -0.39 is 42.7 Å². The summed E-state index contributed by atoms with van der Waals surface area (Å²) in [5.41, 5.74) is 0.835. The quantitative estimate of drug-likeness (QED) is 0.203. The number of carbonyl (C=O) groups is 1. The molecule has 3 unspecified atom stereocenters. The lowest BCUT2D eigenvalue weighted by Crippen LogP contribution is -2.45. The fourth-order valence-corrected chi connectivity index (χ4v) is 7.43. The molecule has 200 valence electrons. The second-order valence-corrected chi connectivity index (χ2v) is 12.4. The predicted octanol–water partition coefficient (Wildman–Crippen LogP) is 3.51. The summed E-state index contributed by atoms with van der Waals surface area (Å²) in [5.74, 6) is -0.264. The standard InChI is InChI=1S/C24H26FN6O5PS/c1-3-11-34-37(38,35-12-7-10-26)24(2)17(13-32)36-23(19(24)25)31-15-29-18-20(27-14-28-21(18)31)30-22(33)16-8-5-4-6-9-16/h3-6,8-9,14-15,17,19,23,32H,1,7,11-13H2,2H3,(H,27,28,30,33)/t17?,19-,23?,24-,37?/m0/s1. The molecule has 1 aromatic carbocycles. The van der Waals surface area contributed by atoms with Gasteiger partial charge in [0.1, 0.15) is 17.6 Å². The molecule has 11 nitrogen and oxygen atoms in total. The molecule has 1 aliphatic heterocycles. The van der Waals surface area contributed by atoms with E-state index in [4.69, 9.17) is 30.9 Å². The molecular weight excluding hydrogens is 534 g/mol. The normalized spacial score (nSPS) is 24.5. The zero-order valence-electron chi connectivity index (χ0n) is 20.4. The van der Waals surface area contributed by atoms with Crippen LogP contribution >= 0.6 is 6.49 Å². The van der Waals surface area contributed by atoms with Crippen molar-refractivity contribution in [3.63, 3.8) is 0 Å². The summed E-state index contributed by atoms with van der Waals surface area (Å²) in [6, 6.07) is 10.5. The van der Waals surface area contributed by atoms with Gasteiger partial charge in [-0.1, -0.05) is 24.3 Å². The molecule has 14 heteroatoms. The Labute approximate surface area is 223 Å². The van der Waals surface area contributed by atoms with Crippen LogP contribution in [0.2, 0.25) is 0 Å². The molecular formula is C24H26FN6O5PS. The van der Waals surface area contributed by atoms with Gasteiger partial charge in [-0.3, -0.25) is 9.36 Å². The van der Waals surface area contributed by atoms with Gasteiger partial charge in [-0.15, -0.1) is 6.58 Å². The first-order valence-corrected chi connectivity index (χ1v) is 14.3. The number of aliphatic hydroxyl groups is 1. The summed E-state index contributed by atoms with van der Waals surface area (Å²) in [7, 11) is 0. The number of alkyl halides is 1. The van der Waals surface area contributed by atoms with Crippen molar-refractivity contribution in [1.82, 2.24) is 19.5 Å². The number of anilines is 1. The van der Waals surface area contributed by atoms with E-state index in [1.807, 2.05) is 6.07 Å². The molecule has 0 aliphatic carbocycles. The van der Waals surface area contributed by atoms with E-state index in [2.05, 4.69) is 26.8 Å². The average molecular weight is 561 g/mol. The fraction of sp³-hybridized carbons (Fsp3) is 0.375. The van der Waals surface area contributed by atoms with E-state index in [0.717, 1.165) is 0 Å². The minimum Gasteiger partial charge on any atom is -0.394 e. The third kappa shape index (κ3) is 4.99. The molecule has 4 rings (SSSR count). The zero-order chi connectivity index (χ0) is 27.3. The van der Waals surface area contributed by atoms with Crippen LogP contribution in [0.5, 0.6) is 0 Å². The molecule has 3 aromatic rings. The van der Waals surface area contributed by atoms with E-state index in [0.29, 0.717) is 5.56 Å². The molecule has 38 heavy (non-hydrogen) atoms. The number of amides is 1. The van der Waals surface area contributed by atoms with Crippen molar-refractivity contribution in [2.24, 2.45) is 0 Å². The zero-order valence-corrected chi connectivity index (χ0v) is 22.1. The number of hydrogen-bond acceptors (Lipinski definition) is 10. The van der Waals surface area contributed by atoms with E-state index in [-0.39, 0.29) is 36.6 Å². The summed E-state index contributed by atoms with van der Waals surface area (Å²) >= 11 is 5.75. The lowest BCUT2D eigenvalue weighted by Gasteiger charge is -2.39. The summed E-state index contributed by atoms with van der Waals surface area (Å²) in [6.45, 7) is 0.988. The van der Waals surface area contributed by atoms with Crippen molar-refractivity contribution in [2.45, 2.75) is 37.0 Å². The molecule has 2 N–H and O–H groups in total. The van der Waals surface area contributed by atoms with Gasteiger partial charge in [0.05, 0.1) is 38.6 Å². The van der Waals surface area contributed by atoms with Crippen LogP contribution in [0.3, 0.4) is 0 Å². The van der Waals surface area contributed by atoms with Crippen molar-refractivity contribution in [2.75, 3.05) is 25.1 Å². The van der Waals surface area contributed by atoms with Gasteiger partial charge in [-0.05, 0) is 30.9 Å². The van der Waals surface area contributed by atoms with Crippen LogP contribution in [-0.4, -0.2) is 67.8 Å². The molecule has 1 aliphatic rings. The first-order valence-electron chi connectivity index (χ1n) is 11.6. The lowest BCUT2D eigenvalue weighted by molar-refractivity contribution is -0.0374. The molecule has 2 aromatic heterocycles. The maximum Gasteiger partial charge on any atom is 0.256 e. The number of nitrogens with one attached hydrogen (secondary N) is 1. The summed E-state index contributed by atoms with van der Waals surface area (Å²) in [4.78, 5) is 25.3. The molecule has 3 heterocycles. The Balaban J connectivity index is 1.69. The van der Waals surface area contributed by atoms with Crippen LogP contribution < -0.4 is 5.32 Å². The highest BCUT2D eigenvalue weighted by molar-refractivity contribution is 8.10. The Morgan fingerprint density at radius 1 is 1.39 bits per heavy atom. The van der Waals surface area contributed by atoms with Crippen molar-refractivity contribution < 1.29 is 28.1 Å². The van der Waals surface area contributed by atoms with Crippen LogP contribution in [0.1, 0.15) is 29.9 Å². The number of fused-ring (bicyclic) bond motifs is 1. The number of nitriles is 1. The van der Waals surface area contributed by atoms with E-state index in [1.165, 1.54) is 30.2 Å². The van der Waals surface area contributed by atoms with Gasteiger partial charge in [0.15, 0.2) is 29.4 Å². The van der Waals surface area contributed by atoms with E-state index >= 15 is 4.39 Å². The van der Waals surface area contributed by atoms with Crippen molar-refractivity contribution >= 4 is 41.2 Å². The van der Waals surface area contributed by atoms with E-state index in [9.17, 15) is 9.90 Å². The smallest absolute Gasteiger partial charge is 0.256 e. The molecule has 0 saturated carbocycles. The third-order valence-electron chi connectivity index (χ3n) is 6.26. The minimum atomic E-state index is -3.49. The molecule has 0 radical (unpaired) electrons. The largest absolute Gasteiger partial charge is 0.394 e. The van der Waals surface area contributed by atoms with Gasteiger partial charge >= 0.3 is 0 Å². The summed E-state index contributed by atoms with van der Waals surface area (Å²) in [6.07, 6.45) is -0.211. The number of carbonyl (C=O) groups excluding carboxylic acids is 1. The highest BCUT2D eigenvalue weighted by Gasteiger charge is 2.63. The SMILES string of the molecule is C=CCOP(=S)(OCCC#N)[C@@]1(C)C(CO)OC(n2cnc3c(NC(=O)c4ccccc4)ncnc32)[C@@H]1F. The number of aliphatic hydroxyl groups excluding tert-OH is 1. The maximum atomic E-state index is 16.4. The minimum absolute atomic E-state index is 0.0132. The monoisotopic (exact) mass is 560 g/mol. The van der Waals surface area contributed by atoms with Gasteiger partial charge in [-0.2, -0.15) is 5.26 Å². The fourth-order valence-electron chi connectivity index (χ4n) is 4.18. The molecule has 1 amide bonds. The van der Waals surface area contributed by atoms with E-state index in [1.54, 1.807) is 30.3 Å². The number of halogens is 1. The van der Waals surface area contributed by atoms with Gasteiger partial charge in [0, 0.05) is 5.56 Å². The van der Waals surface area contributed by atoms with Crippen LogP contribution in [-0.2, 0) is 25.6 Å². The molecule has 0 bridgehead atoms. The molecule has 1 saturated heterocycles. The Kier molecular flexibility index (Phi) is 8.62. The molecule has 0 spiro atoms. The average Bonchev–Trinajstić information content (AvgIpc) is 3.48. The van der Waals surface area contributed by atoms with Crippen LogP contribution in [0.4, 0.5) is 10.2 Å². The Morgan fingerprint density at radius 2 is 2.16 bits per heavy atom. The Morgan fingerprint density at radius 3 is 2.84 bits per heavy atom. The van der Waals surface area contributed by atoms with Gasteiger partial charge in [0.25, 0.3) is 5.91 Å². The van der Waals surface area contributed by atoms with Crippen LogP contribution in [0.15, 0.2) is 55.6 Å². The lowest BCUT2D eigenvalue weighted by atomic mass is 10.0. The highest BCUT2D eigenvalue weighted by atomic mass is 32.5. The summed E-state index contributed by atoms with van der Waals surface area (Å²) in [5, 5.41) is 20.2. The topological polar surface area (TPSA) is 144 Å². The number of hydrogen-bond donors (Lipinski definition) is 2. The Hall–Kier alpha value is -3.11. The summed E-state index contributed by atoms with van der Waals surface area (Å²) < 4.78 is 35.4. The highest BCUT2D eigenvalue weighted by Crippen LogP contribution is 2.68. The van der Waals surface area contributed by atoms with Crippen molar-refractivity contribution in [3.8, 4) is 6.07 Å². The third-order valence-corrected chi connectivity index (χ3v) is 10.8. The van der Waals surface area contributed by atoms with Crippen molar-refractivity contribution in [3.05, 3.63) is 61.2 Å². The second-order valence-electron chi connectivity index (χ2n) is 8.52. The Bertz CT molecular complexity index is 1400. The van der Waals surface area contributed by atoms with Gasteiger partial charge in [-0.25, -0.2) is 19.3 Å². The maximum absolute atomic E-state index is 16.4. The number of aromatic nitrogens is 4. The first kappa shape index (κ1) is 27.9. The van der Waals surface area contributed by atoms with Gasteiger partial charge < -0.3 is 24.2 Å². The number of benzene rings is 1. The molecule has 5 atom stereocenters. The first-order chi connectivity index (χ1) is 18.3. The van der Waals surface area contributed by atoms with Gasteiger partial charge in [0.2, 0.25) is 6.49 Å². The number of rotatable bonds is 11. The van der Waals surface area contributed by atoms with Crippen LogP contribution in [0, 0.1) is 11.3 Å². The number of imidazole rings is 1. The second kappa shape index (κ2) is 11.7. The molecule has 1 fully saturated rings. The number of ether oxygens (including phenoxy) is 1. The van der Waals surface area contributed by atoms with Crippen molar-refractivity contribution in [1.29, 1.82) is 5.26 Å². The predicted molar refractivity (Wildman–Crippen MR) is 141 cm³/mol. The van der Waals surface area contributed by atoms with Crippen LogP contribution in [0.25, 0.3) is 11.2 Å².